The molecule has 0 radical (unpaired) electrons. The van der Waals surface area contributed by atoms with Crippen LogP contribution in [0.1, 0.15) is 18.4 Å². The zero-order valence-electron chi connectivity index (χ0n) is 10.9. The number of hydrogen-bond donors (Lipinski definition) is 1. The molecule has 1 aliphatic rings. The van der Waals surface area contributed by atoms with Gasteiger partial charge in [-0.25, -0.2) is 0 Å². The average molecular weight is 313 g/mol. The maximum absolute atomic E-state index is 6.03. The van der Waals surface area contributed by atoms with Gasteiger partial charge < -0.3 is 15.4 Å². The van der Waals surface area contributed by atoms with E-state index >= 15 is 0 Å². The topological polar surface area (TPSA) is 38.5 Å². The Kier molecular flexibility index (Phi) is 5.03. The van der Waals surface area contributed by atoms with Gasteiger partial charge in [0.1, 0.15) is 0 Å². The first-order valence-electron chi connectivity index (χ1n) is 6.45. The van der Waals surface area contributed by atoms with Crippen LogP contribution in [0.4, 0.5) is 5.69 Å². The molecule has 0 aliphatic carbocycles. The van der Waals surface area contributed by atoms with Crippen LogP contribution < -0.4 is 5.73 Å². The Hall–Kier alpha value is -0.580. The van der Waals surface area contributed by atoms with Crippen LogP contribution in [0, 0.1) is 5.92 Å². The second-order valence-corrected chi connectivity index (χ2v) is 6.01. The van der Waals surface area contributed by atoms with E-state index in [2.05, 4.69) is 33.9 Å². The Morgan fingerprint density at radius 2 is 2.11 bits per heavy atom. The molecular weight excluding hydrogens is 292 g/mol. The molecule has 0 bridgehead atoms. The number of nitrogens with two attached hydrogens (primary N) is 1. The van der Waals surface area contributed by atoms with Gasteiger partial charge in [0, 0.05) is 36.5 Å². The third-order valence-electron chi connectivity index (χ3n) is 3.46. The molecule has 0 amide bonds. The molecule has 2 rings (SSSR count). The molecule has 4 heteroatoms. The summed E-state index contributed by atoms with van der Waals surface area (Å²) in [4.78, 5) is 2.36. The minimum Gasteiger partial charge on any atom is -0.398 e. The van der Waals surface area contributed by atoms with Gasteiger partial charge in [0.25, 0.3) is 0 Å². The van der Waals surface area contributed by atoms with Crippen molar-refractivity contribution in [1.82, 2.24) is 4.90 Å². The third-order valence-corrected chi connectivity index (χ3v) is 3.95. The summed E-state index contributed by atoms with van der Waals surface area (Å²) in [5.74, 6) is 0.764. The van der Waals surface area contributed by atoms with E-state index in [9.17, 15) is 0 Å². The molecule has 100 valence electrons. The lowest BCUT2D eigenvalue weighted by atomic mass is 9.99. The predicted octanol–water partition coefficient (Wildman–Crippen LogP) is 2.89. The van der Waals surface area contributed by atoms with E-state index < -0.39 is 0 Å². The number of hydrogen-bond acceptors (Lipinski definition) is 3. The lowest BCUT2D eigenvalue weighted by molar-refractivity contribution is 0.0550. The first-order valence-corrected chi connectivity index (χ1v) is 7.24. The SMILES string of the molecule is CN(Cc1ccc(Br)cc1N)CC1CCOCC1. The van der Waals surface area contributed by atoms with Gasteiger partial charge in [-0.2, -0.15) is 0 Å². The van der Waals surface area contributed by atoms with Gasteiger partial charge in [-0.05, 0) is 43.5 Å². The molecule has 0 aromatic heterocycles. The molecule has 1 aromatic rings. The van der Waals surface area contributed by atoms with Crippen LogP contribution in [-0.4, -0.2) is 31.7 Å². The van der Waals surface area contributed by atoms with Crippen LogP contribution in [0.25, 0.3) is 0 Å². The fourth-order valence-corrected chi connectivity index (χ4v) is 2.81. The van der Waals surface area contributed by atoms with Crippen LogP contribution >= 0.6 is 15.9 Å². The van der Waals surface area contributed by atoms with Crippen LogP contribution in [0.2, 0.25) is 0 Å². The smallest absolute Gasteiger partial charge is 0.0469 e. The van der Waals surface area contributed by atoms with Crippen molar-refractivity contribution in [3.05, 3.63) is 28.2 Å². The predicted molar refractivity (Wildman–Crippen MR) is 78.4 cm³/mol. The Morgan fingerprint density at radius 1 is 1.39 bits per heavy atom. The molecule has 0 spiro atoms. The molecule has 3 nitrogen and oxygen atoms in total. The van der Waals surface area contributed by atoms with Crippen molar-refractivity contribution < 1.29 is 4.74 Å². The fourth-order valence-electron chi connectivity index (χ4n) is 2.43. The molecule has 1 heterocycles. The molecule has 1 saturated heterocycles. The van der Waals surface area contributed by atoms with E-state index in [1.807, 2.05) is 12.1 Å². The van der Waals surface area contributed by atoms with Gasteiger partial charge in [0.05, 0.1) is 0 Å². The zero-order chi connectivity index (χ0) is 13.0. The van der Waals surface area contributed by atoms with Crippen molar-refractivity contribution in [3.8, 4) is 0 Å². The Balaban J connectivity index is 1.87. The molecule has 1 aliphatic heterocycles. The molecule has 0 atom stereocenters. The fraction of sp³-hybridized carbons (Fsp3) is 0.571. The highest BCUT2D eigenvalue weighted by atomic mass is 79.9. The molecule has 1 fully saturated rings. The summed E-state index contributed by atoms with van der Waals surface area (Å²) in [6.07, 6.45) is 2.36. The standard InChI is InChI=1S/C14H21BrN2O/c1-17(9-11-4-6-18-7-5-11)10-12-2-3-13(15)8-14(12)16/h2-3,8,11H,4-7,9-10,16H2,1H3. The number of nitrogen functional groups attached to an aromatic ring is 1. The van der Waals surface area contributed by atoms with Gasteiger partial charge in [-0.1, -0.05) is 22.0 Å². The molecule has 18 heavy (non-hydrogen) atoms. The Bertz CT molecular complexity index is 391. The van der Waals surface area contributed by atoms with Gasteiger partial charge >= 0.3 is 0 Å². The molecule has 1 aromatic carbocycles. The Labute approximate surface area is 117 Å². The van der Waals surface area contributed by atoms with Crippen molar-refractivity contribution >= 4 is 21.6 Å². The van der Waals surface area contributed by atoms with Crippen molar-refractivity contribution in [3.63, 3.8) is 0 Å². The van der Waals surface area contributed by atoms with E-state index in [1.54, 1.807) is 0 Å². The van der Waals surface area contributed by atoms with Gasteiger partial charge in [0.2, 0.25) is 0 Å². The molecule has 0 unspecified atom stereocenters. The molecular formula is C14H21BrN2O. The van der Waals surface area contributed by atoms with Crippen molar-refractivity contribution in [2.75, 3.05) is 32.5 Å². The lowest BCUT2D eigenvalue weighted by Gasteiger charge is -2.27. The van der Waals surface area contributed by atoms with Crippen LogP contribution in [0.5, 0.6) is 0 Å². The second kappa shape index (κ2) is 6.55. The summed E-state index contributed by atoms with van der Waals surface area (Å²) >= 11 is 3.43. The highest BCUT2D eigenvalue weighted by molar-refractivity contribution is 9.10. The zero-order valence-corrected chi connectivity index (χ0v) is 12.4. The van der Waals surface area contributed by atoms with E-state index in [0.717, 1.165) is 42.4 Å². The minimum absolute atomic E-state index is 0.764. The average Bonchev–Trinajstić information content (AvgIpc) is 2.34. The summed E-state index contributed by atoms with van der Waals surface area (Å²) in [5, 5.41) is 0. The third kappa shape index (κ3) is 3.97. The molecule has 2 N–H and O–H groups in total. The highest BCUT2D eigenvalue weighted by Crippen LogP contribution is 2.21. The normalized spacial score (nSPS) is 17.3. The van der Waals surface area contributed by atoms with Gasteiger partial charge in [-0.15, -0.1) is 0 Å². The van der Waals surface area contributed by atoms with Crippen LogP contribution in [0.3, 0.4) is 0 Å². The highest BCUT2D eigenvalue weighted by Gasteiger charge is 2.16. The van der Waals surface area contributed by atoms with Crippen LogP contribution in [-0.2, 0) is 11.3 Å². The summed E-state index contributed by atoms with van der Waals surface area (Å²) < 4.78 is 6.43. The number of benzene rings is 1. The van der Waals surface area contributed by atoms with Crippen molar-refractivity contribution in [1.29, 1.82) is 0 Å². The maximum atomic E-state index is 6.03. The first-order chi connectivity index (χ1) is 8.65. The first kappa shape index (κ1) is 13.8. The largest absolute Gasteiger partial charge is 0.398 e. The van der Waals surface area contributed by atoms with Gasteiger partial charge in [-0.3, -0.25) is 0 Å². The number of ether oxygens (including phenoxy) is 1. The summed E-state index contributed by atoms with van der Waals surface area (Å²) in [6, 6.07) is 6.12. The van der Waals surface area contributed by atoms with Crippen molar-refractivity contribution in [2.24, 2.45) is 5.92 Å². The maximum Gasteiger partial charge on any atom is 0.0469 e. The number of anilines is 1. The molecule has 0 saturated carbocycles. The van der Waals surface area contributed by atoms with Crippen LogP contribution in [0.15, 0.2) is 22.7 Å². The number of nitrogens with zero attached hydrogens (tertiary/aromatic N) is 1. The second-order valence-electron chi connectivity index (χ2n) is 5.10. The minimum atomic E-state index is 0.764. The van der Waals surface area contributed by atoms with E-state index in [0.29, 0.717) is 0 Å². The number of rotatable bonds is 4. The van der Waals surface area contributed by atoms with Gasteiger partial charge in [0.15, 0.2) is 0 Å². The van der Waals surface area contributed by atoms with E-state index in [-0.39, 0.29) is 0 Å². The summed E-state index contributed by atoms with van der Waals surface area (Å²) in [6.45, 7) is 3.87. The summed E-state index contributed by atoms with van der Waals surface area (Å²) in [5.41, 5.74) is 8.09. The lowest BCUT2D eigenvalue weighted by Crippen LogP contribution is -2.29. The monoisotopic (exact) mass is 312 g/mol. The van der Waals surface area contributed by atoms with Crippen molar-refractivity contribution in [2.45, 2.75) is 19.4 Å². The quantitative estimate of drug-likeness (QED) is 0.869. The van der Waals surface area contributed by atoms with E-state index in [4.69, 9.17) is 10.5 Å². The summed E-state index contributed by atoms with van der Waals surface area (Å²) in [7, 11) is 2.16. The Morgan fingerprint density at radius 3 is 2.78 bits per heavy atom. The van der Waals surface area contributed by atoms with E-state index in [1.165, 1.54) is 18.4 Å². The number of halogens is 1.